The smallest absolute Gasteiger partial charge is 0.0136 e. The van der Waals surface area contributed by atoms with Crippen molar-refractivity contribution in [2.45, 2.75) is 100 Å². The van der Waals surface area contributed by atoms with Crippen LogP contribution in [0.25, 0.3) is 0 Å². The highest BCUT2D eigenvalue weighted by molar-refractivity contribution is 5.15. The van der Waals surface area contributed by atoms with Crippen molar-refractivity contribution in [3.63, 3.8) is 0 Å². The zero-order valence-corrected chi connectivity index (χ0v) is 20.4. The van der Waals surface area contributed by atoms with E-state index in [4.69, 9.17) is 0 Å². The first-order chi connectivity index (χ1) is 13.2. The van der Waals surface area contributed by atoms with Crippen LogP contribution in [-0.4, -0.2) is 0 Å². The second kappa shape index (κ2) is 12.7. The first-order valence-electron chi connectivity index (χ1n) is 12.2. The first kappa shape index (κ1) is 25.3. The molecule has 0 saturated heterocycles. The van der Waals surface area contributed by atoms with Crippen molar-refractivity contribution < 1.29 is 0 Å². The van der Waals surface area contributed by atoms with Gasteiger partial charge >= 0.3 is 0 Å². The predicted octanol–water partition coefficient (Wildman–Crippen LogP) is 9.24. The second-order valence-corrected chi connectivity index (χ2v) is 10.1. The Morgan fingerprint density at radius 3 is 2.32 bits per heavy atom. The molecular formula is C28H50. The highest BCUT2D eigenvalue weighted by atomic mass is 14.3. The molecule has 0 spiro atoms. The monoisotopic (exact) mass is 386 g/mol. The summed E-state index contributed by atoms with van der Waals surface area (Å²) in [6, 6.07) is 0. The molecule has 28 heavy (non-hydrogen) atoms. The minimum Gasteiger partial charge on any atom is -0.0993 e. The lowest BCUT2D eigenvalue weighted by Gasteiger charge is -2.31. The Balaban J connectivity index is 3.07. The Kier molecular flexibility index (Phi) is 11.5. The average Bonchev–Trinajstić information content (AvgIpc) is 2.69. The molecule has 7 atom stereocenters. The maximum atomic E-state index is 4.44. The maximum Gasteiger partial charge on any atom is -0.0136 e. The van der Waals surface area contributed by atoms with Crippen LogP contribution in [0, 0.1) is 41.4 Å². The first-order valence-corrected chi connectivity index (χ1v) is 12.2. The molecule has 0 aromatic carbocycles. The molecule has 0 aliphatic heterocycles. The molecule has 0 heteroatoms. The largest absolute Gasteiger partial charge is 0.0993 e. The lowest BCUT2D eigenvalue weighted by Crippen LogP contribution is -2.21. The summed E-state index contributed by atoms with van der Waals surface area (Å²) in [5, 5.41) is 0. The lowest BCUT2D eigenvalue weighted by atomic mass is 9.74. The molecule has 0 saturated carbocycles. The van der Waals surface area contributed by atoms with Crippen LogP contribution in [0.2, 0.25) is 0 Å². The molecule has 7 unspecified atom stereocenters. The lowest BCUT2D eigenvalue weighted by molar-refractivity contribution is 0.240. The van der Waals surface area contributed by atoms with Crippen LogP contribution in [-0.2, 0) is 0 Å². The van der Waals surface area contributed by atoms with E-state index in [9.17, 15) is 0 Å². The van der Waals surface area contributed by atoms with E-state index in [0.29, 0.717) is 17.8 Å². The Morgan fingerprint density at radius 1 is 1.04 bits per heavy atom. The van der Waals surface area contributed by atoms with Crippen molar-refractivity contribution in [2.75, 3.05) is 0 Å². The van der Waals surface area contributed by atoms with Crippen LogP contribution in [0.4, 0.5) is 0 Å². The van der Waals surface area contributed by atoms with Crippen LogP contribution in [0.15, 0.2) is 36.0 Å². The van der Waals surface area contributed by atoms with Crippen LogP contribution in [0.1, 0.15) is 100 Å². The van der Waals surface area contributed by atoms with E-state index in [2.05, 4.69) is 80.2 Å². The zero-order chi connectivity index (χ0) is 21.3. The molecule has 1 aliphatic rings. The van der Waals surface area contributed by atoms with Crippen LogP contribution < -0.4 is 0 Å². The van der Waals surface area contributed by atoms with Crippen molar-refractivity contribution in [2.24, 2.45) is 41.4 Å². The van der Waals surface area contributed by atoms with E-state index in [0.717, 1.165) is 30.1 Å². The number of allylic oxidation sites excluding steroid dienone is 5. The highest BCUT2D eigenvalue weighted by Crippen LogP contribution is 2.36. The molecule has 1 rings (SSSR count). The van der Waals surface area contributed by atoms with Crippen LogP contribution in [0.5, 0.6) is 0 Å². The molecule has 0 amide bonds. The van der Waals surface area contributed by atoms with Crippen molar-refractivity contribution in [3.05, 3.63) is 36.0 Å². The van der Waals surface area contributed by atoms with Gasteiger partial charge in [0.1, 0.15) is 0 Å². The van der Waals surface area contributed by atoms with Crippen LogP contribution >= 0.6 is 0 Å². The fraction of sp³-hybridized carbons (Fsp3) is 0.786. The van der Waals surface area contributed by atoms with Crippen molar-refractivity contribution in [1.29, 1.82) is 0 Å². The Bertz CT molecular complexity index is 508. The highest BCUT2D eigenvalue weighted by Gasteiger charge is 2.24. The van der Waals surface area contributed by atoms with Gasteiger partial charge in [-0.3, -0.25) is 0 Å². The standard InChI is InChI=1S/C28H50/c1-10-20(3)26(9)27(11-2)19-28-17-16-23(6)21(4)14-12-13-15-22(5)24(7)18-25(28)8/h13,15,17,20-22,24-27H,6,10-12,14,16,18-19H2,1-5,7-9H3. The van der Waals surface area contributed by atoms with Gasteiger partial charge in [-0.05, 0) is 73.5 Å². The third-order valence-corrected chi connectivity index (χ3v) is 8.09. The minimum absolute atomic E-state index is 0.618. The van der Waals surface area contributed by atoms with Gasteiger partial charge in [-0.1, -0.05) is 104 Å². The molecule has 0 nitrogen and oxygen atoms in total. The number of hydrogen-bond donors (Lipinski definition) is 0. The third kappa shape index (κ3) is 7.92. The molecule has 0 fully saturated rings. The van der Waals surface area contributed by atoms with Crippen LogP contribution in [0.3, 0.4) is 0 Å². The zero-order valence-electron chi connectivity index (χ0n) is 20.4. The quantitative estimate of drug-likeness (QED) is 0.399. The van der Waals surface area contributed by atoms with E-state index >= 15 is 0 Å². The number of hydrogen-bond acceptors (Lipinski definition) is 0. The van der Waals surface area contributed by atoms with Gasteiger partial charge in [0, 0.05) is 0 Å². The summed E-state index contributed by atoms with van der Waals surface area (Å²) in [6.07, 6.45) is 16.1. The van der Waals surface area contributed by atoms with Crippen molar-refractivity contribution >= 4 is 0 Å². The molecule has 162 valence electrons. The minimum atomic E-state index is 0.618. The van der Waals surface area contributed by atoms with Gasteiger partial charge in [-0.15, -0.1) is 0 Å². The summed E-state index contributed by atoms with van der Waals surface area (Å²) in [5.41, 5.74) is 3.12. The summed E-state index contributed by atoms with van der Waals surface area (Å²) in [5.74, 6) is 5.12. The van der Waals surface area contributed by atoms with E-state index in [-0.39, 0.29) is 0 Å². The Morgan fingerprint density at radius 2 is 1.71 bits per heavy atom. The summed E-state index contributed by atoms with van der Waals surface area (Å²) >= 11 is 0. The molecule has 1 aliphatic carbocycles. The maximum absolute atomic E-state index is 4.44. The van der Waals surface area contributed by atoms with Gasteiger partial charge in [0.15, 0.2) is 0 Å². The summed E-state index contributed by atoms with van der Waals surface area (Å²) in [4.78, 5) is 0. The summed E-state index contributed by atoms with van der Waals surface area (Å²) in [6.45, 7) is 23.8. The molecule has 0 N–H and O–H groups in total. The normalized spacial score (nSPS) is 31.1. The molecule has 0 radical (unpaired) electrons. The topological polar surface area (TPSA) is 0 Å². The van der Waals surface area contributed by atoms with Gasteiger partial charge in [0.25, 0.3) is 0 Å². The van der Waals surface area contributed by atoms with Crippen molar-refractivity contribution in [3.8, 4) is 0 Å². The van der Waals surface area contributed by atoms with E-state index in [1.54, 1.807) is 5.57 Å². The van der Waals surface area contributed by atoms with Gasteiger partial charge in [0.05, 0.1) is 0 Å². The van der Waals surface area contributed by atoms with Gasteiger partial charge < -0.3 is 0 Å². The average molecular weight is 387 g/mol. The molecule has 0 aromatic rings. The number of rotatable bonds is 6. The molecular weight excluding hydrogens is 336 g/mol. The van der Waals surface area contributed by atoms with E-state index < -0.39 is 0 Å². The van der Waals surface area contributed by atoms with Gasteiger partial charge in [-0.2, -0.15) is 0 Å². The molecule has 0 bridgehead atoms. The van der Waals surface area contributed by atoms with E-state index in [1.165, 1.54) is 44.1 Å². The second-order valence-electron chi connectivity index (χ2n) is 10.1. The fourth-order valence-corrected chi connectivity index (χ4v) is 4.76. The van der Waals surface area contributed by atoms with E-state index in [1.807, 2.05) is 0 Å². The van der Waals surface area contributed by atoms with Crippen molar-refractivity contribution in [1.82, 2.24) is 0 Å². The summed E-state index contributed by atoms with van der Waals surface area (Å²) in [7, 11) is 0. The molecule has 0 heterocycles. The molecule has 0 aromatic heterocycles. The third-order valence-electron chi connectivity index (χ3n) is 8.09. The van der Waals surface area contributed by atoms with Gasteiger partial charge in [0.2, 0.25) is 0 Å². The Hall–Kier alpha value is -0.780. The SMILES string of the molecule is C=C1CC=C(CC(CC)C(C)C(C)CC)C(C)CC(C)C(C)C=CCCC1C. The fourth-order valence-electron chi connectivity index (χ4n) is 4.76. The Labute approximate surface area is 178 Å². The predicted molar refractivity (Wildman–Crippen MR) is 129 cm³/mol. The van der Waals surface area contributed by atoms with Gasteiger partial charge in [-0.25, -0.2) is 0 Å². The summed E-state index contributed by atoms with van der Waals surface area (Å²) < 4.78 is 0.